The molecular weight excluding hydrogens is 423 g/mol. The third kappa shape index (κ3) is 9.64. The molecule has 0 aromatic heterocycles. The highest BCUT2D eigenvalue weighted by Gasteiger charge is 2.26. The molecule has 3 aliphatic rings. The highest BCUT2D eigenvalue weighted by molar-refractivity contribution is 5.88. The zero-order valence-corrected chi connectivity index (χ0v) is 21.6. The van der Waals surface area contributed by atoms with Gasteiger partial charge in [0.15, 0.2) is 0 Å². The van der Waals surface area contributed by atoms with Crippen molar-refractivity contribution in [3.8, 4) is 0 Å². The molecule has 0 bridgehead atoms. The van der Waals surface area contributed by atoms with Crippen LogP contribution in [0.15, 0.2) is 73.0 Å². The molecule has 0 saturated carbocycles. The van der Waals surface area contributed by atoms with E-state index in [2.05, 4.69) is 55.5 Å². The smallest absolute Gasteiger partial charge is 0.228 e. The van der Waals surface area contributed by atoms with Gasteiger partial charge in [-0.1, -0.05) is 83.7 Å². The van der Waals surface area contributed by atoms with Crippen LogP contribution in [-0.2, 0) is 11.2 Å². The van der Waals surface area contributed by atoms with Crippen LogP contribution in [0.3, 0.4) is 0 Å². The Morgan fingerprint density at radius 3 is 2.53 bits per heavy atom. The molecule has 1 aromatic carbocycles. The van der Waals surface area contributed by atoms with Crippen LogP contribution in [0.4, 0.5) is 4.39 Å². The van der Waals surface area contributed by atoms with Crippen LogP contribution < -0.4 is 5.32 Å². The molecule has 186 valence electrons. The molecule has 4 heteroatoms. The van der Waals surface area contributed by atoms with E-state index in [1.54, 1.807) is 12.2 Å². The summed E-state index contributed by atoms with van der Waals surface area (Å²) in [5, 5.41) is 3.04. The Morgan fingerprint density at radius 1 is 1.15 bits per heavy atom. The van der Waals surface area contributed by atoms with Gasteiger partial charge in [-0.2, -0.15) is 0 Å². The van der Waals surface area contributed by atoms with Gasteiger partial charge in [0.05, 0.1) is 6.42 Å². The monoisotopic (exact) mass is 466 g/mol. The van der Waals surface area contributed by atoms with Crippen LogP contribution in [0.1, 0.15) is 70.9 Å². The first-order valence-corrected chi connectivity index (χ1v) is 12.6. The van der Waals surface area contributed by atoms with E-state index in [-0.39, 0.29) is 18.1 Å². The van der Waals surface area contributed by atoms with E-state index < -0.39 is 0 Å². The van der Waals surface area contributed by atoms with Crippen LogP contribution in [0.2, 0.25) is 0 Å². The summed E-state index contributed by atoms with van der Waals surface area (Å²) in [7, 11) is 0. The van der Waals surface area contributed by atoms with Gasteiger partial charge >= 0.3 is 0 Å². The third-order valence-electron chi connectivity index (χ3n) is 5.34. The van der Waals surface area contributed by atoms with Crippen molar-refractivity contribution >= 4 is 11.5 Å². The van der Waals surface area contributed by atoms with Crippen molar-refractivity contribution in [3.63, 3.8) is 0 Å². The fourth-order valence-corrected chi connectivity index (χ4v) is 3.93. The lowest BCUT2D eigenvalue weighted by atomic mass is 9.94. The van der Waals surface area contributed by atoms with Gasteiger partial charge < -0.3 is 5.32 Å². The second-order valence-electron chi connectivity index (χ2n) is 8.24. The van der Waals surface area contributed by atoms with Crippen LogP contribution in [0.5, 0.6) is 0 Å². The number of allylic oxidation sites excluding steroid dienone is 4. The number of hydrogen-bond donors (Lipinski definition) is 1. The highest BCUT2D eigenvalue weighted by atomic mass is 19.1. The van der Waals surface area contributed by atoms with Crippen molar-refractivity contribution in [2.75, 3.05) is 19.6 Å². The summed E-state index contributed by atoms with van der Waals surface area (Å²) in [6.45, 7) is 17.6. The Bertz CT molecular complexity index is 889. The molecule has 0 saturated heterocycles. The van der Waals surface area contributed by atoms with Gasteiger partial charge in [0, 0.05) is 31.8 Å². The Balaban J connectivity index is 0.000000562. The van der Waals surface area contributed by atoms with Gasteiger partial charge in [-0.15, -0.1) is 0 Å². The molecule has 2 aliphatic heterocycles. The lowest BCUT2D eigenvalue weighted by molar-refractivity contribution is -0.119. The Kier molecular flexibility index (Phi) is 14.5. The average Bonchev–Trinajstić information content (AvgIpc) is 3.17. The van der Waals surface area contributed by atoms with E-state index in [1.807, 2.05) is 19.9 Å². The van der Waals surface area contributed by atoms with Gasteiger partial charge in [-0.3, -0.25) is 9.69 Å². The normalized spacial score (nSPS) is 16.7. The van der Waals surface area contributed by atoms with E-state index in [0.717, 1.165) is 61.3 Å². The molecule has 1 amide bonds. The lowest BCUT2D eigenvalue weighted by Gasteiger charge is -2.31. The molecule has 1 N–H and O–H groups in total. The fourth-order valence-electron chi connectivity index (χ4n) is 3.93. The van der Waals surface area contributed by atoms with Crippen molar-refractivity contribution in [1.82, 2.24) is 10.2 Å². The number of nitrogens with zero attached hydrogens (tertiary/aromatic N) is 1. The Labute approximate surface area is 206 Å². The summed E-state index contributed by atoms with van der Waals surface area (Å²) in [4.78, 5) is 14.6. The number of carbonyl (C=O) groups is 1. The topological polar surface area (TPSA) is 32.3 Å². The molecule has 1 aliphatic carbocycles. The minimum Gasteiger partial charge on any atom is -0.329 e. The third-order valence-corrected chi connectivity index (χ3v) is 5.34. The van der Waals surface area contributed by atoms with Crippen LogP contribution in [0.25, 0.3) is 5.57 Å². The van der Waals surface area contributed by atoms with Gasteiger partial charge in [-0.25, -0.2) is 4.39 Å². The minimum atomic E-state index is -0.281. The Morgan fingerprint density at radius 2 is 1.85 bits per heavy atom. The molecule has 0 fully saturated rings. The van der Waals surface area contributed by atoms with E-state index in [1.165, 1.54) is 30.5 Å². The maximum absolute atomic E-state index is 13.6. The van der Waals surface area contributed by atoms with Gasteiger partial charge in [0.25, 0.3) is 0 Å². The van der Waals surface area contributed by atoms with Crippen molar-refractivity contribution < 1.29 is 9.18 Å². The number of halogens is 1. The number of carbonyl (C=O) groups excluding carboxylic acids is 1. The second-order valence-corrected chi connectivity index (χ2v) is 8.24. The molecule has 0 atom stereocenters. The van der Waals surface area contributed by atoms with Crippen LogP contribution in [-0.4, -0.2) is 30.4 Å². The highest BCUT2D eigenvalue weighted by Crippen LogP contribution is 2.31. The second kappa shape index (κ2) is 16.8. The number of rotatable bonds is 3. The molecular formula is C30H43FN2O. The van der Waals surface area contributed by atoms with Crippen molar-refractivity contribution in [3.05, 3.63) is 90.0 Å². The predicted molar refractivity (Wildman–Crippen MR) is 145 cm³/mol. The molecule has 3 nitrogen and oxygen atoms in total. The first-order chi connectivity index (χ1) is 16.5. The fraction of sp³-hybridized carbons (Fsp3) is 0.433. The predicted octanol–water partition coefficient (Wildman–Crippen LogP) is 7.38. The molecule has 34 heavy (non-hydrogen) atoms. The summed E-state index contributed by atoms with van der Waals surface area (Å²) in [6.07, 6.45) is 16.0. The molecule has 1 aromatic rings. The number of hydrogen-bond acceptors (Lipinski definition) is 2. The average molecular weight is 467 g/mol. The quantitative estimate of drug-likeness (QED) is 0.471. The number of nitrogens with one attached hydrogen (secondary N) is 1. The first kappa shape index (κ1) is 29.3. The number of amides is 1. The van der Waals surface area contributed by atoms with E-state index >= 15 is 0 Å². The Hall–Kier alpha value is -2.72. The number of fused-ring (bicyclic) bond motifs is 2. The maximum Gasteiger partial charge on any atom is 0.228 e. The zero-order chi connectivity index (χ0) is 25.3. The standard InChI is InChI=1S/C21H23FN2O.C4H6.C3H8.C2H6/c22-17-7-8-18-16(11-17)12-21(25)23-20-9-10-24(14-19(18)20)13-15-5-3-1-2-4-6-15;1-3-4-2;1-3-2;1-2/h3,5-8,11H,1-2,4,9-10,12-14H2,(H,23,25);3-4H,1-2H2;3H2,1-2H3;1-2H3. The van der Waals surface area contributed by atoms with Crippen molar-refractivity contribution in [2.45, 2.75) is 66.2 Å². The minimum absolute atomic E-state index is 0.0419. The van der Waals surface area contributed by atoms with Crippen LogP contribution >= 0.6 is 0 Å². The SMILES string of the molecule is C=CC=C.CC.CCC.O=C1Cc2cc(F)ccc2C2=C(CCN(CC3=CCCCC=C3)C2)N1. The number of benzene rings is 1. The first-order valence-electron chi connectivity index (χ1n) is 12.6. The zero-order valence-electron chi connectivity index (χ0n) is 21.6. The summed E-state index contributed by atoms with van der Waals surface area (Å²) in [6, 6.07) is 4.82. The summed E-state index contributed by atoms with van der Waals surface area (Å²) < 4.78 is 13.6. The lowest BCUT2D eigenvalue weighted by Crippen LogP contribution is -2.36. The van der Waals surface area contributed by atoms with Gasteiger partial charge in [0.1, 0.15) is 5.82 Å². The van der Waals surface area contributed by atoms with Crippen molar-refractivity contribution in [2.24, 2.45) is 0 Å². The largest absolute Gasteiger partial charge is 0.329 e. The molecule has 2 heterocycles. The van der Waals surface area contributed by atoms with Crippen molar-refractivity contribution in [1.29, 1.82) is 0 Å². The van der Waals surface area contributed by atoms with Crippen LogP contribution in [0, 0.1) is 5.82 Å². The molecule has 0 unspecified atom stereocenters. The van der Waals surface area contributed by atoms with Gasteiger partial charge in [-0.05, 0) is 53.7 Å². The van der Waals surface area contributed by atoms with E-state index in [0.29, 0.717) is 0 Å². The molecule has 0 radical (unpaired) electrons. The van der Waals surface area contributed by atoms with E-state index in [4.69, 9.17) is 0 Å². The van der Waals surface area contributed by atoms with E-state index in [9.17, 15) is 9.18 Å². The summed E-state index contributed by atoms with van der Waals surface area (Å²) in [5.41, 5.74) is 5.34. The summed E-state index contributed by atoms with van der Waals surface area (Å²) in [5.74, 6) is -0.322. The maximum atomic E-state index is 13.6. The van der Waals surface area contributed by atoms with Gasteiger partial charge in [0.2, 0.25) is 5.91 Å². The molecule has 0 spiro atoms. The molecule has 4 rings (SSSR count). The summed E-state index contributed by atoms with van der Waals surface area (Å²) >= 11 is 0.